The van der Waals surface area contributed by atoms with Crippen LogP contribution in [0.4, 0.5) is 4.39 Å². The number of hydrogen-bond donors (Lipinski definition) is 1. The van der Waals surface area contributed by atoms with Gasteiger partial charge in [-0.05, 0) is 18.7 Å². The van der Waals surface area contributed by atoms with Crippen molar-refractivity contribution in [1.29, 1.82) is 0 Å². The minimum Gasteiger partial charge on any atom is -0.306 e. The summed E-state index contributed by atoms with van der Waals surface area (Å²) >= 11 is 0. The van der Waals surface area contributed by atoms with Crippen LogP contribution in [0.15, 0.2) is 36.5 Å². The summed E-state index contributed by atoms with van der Waals surface area (Å²) in [5, 5.41) is 7.06. The van der Waals surface area contributed by atoms with E-state index >= 15 is 0 Å². The average molecular weight is 243 g/mol. The molecule has 1 N–H and O–H groups in total. The zero-order valence-electron chi connectivity index (χ0n) is 10.2. The summed E-state index contributed by atoms with van der Waals surface area (Å²) in [4.78, 5) is 0. The second-order valence-electron chi connectivity index (χ2n) is 3.68. The molecule has 1 aromatic heterocycles. The lowest BCUT2D eigenvalue weighted by molar-refractivity contribution is 0.534. The Hall–Kier alpha value is -2.12. The Balaban J connectivity index is 2.21. The van der Waals surface area contributed by atoms with E-state index in [0.29, 0.717) is 17.8 Å². The van der Waals surface area contributed by atoms with Crippen LogP contribution < -0.4 is 5.32 Å². The molecule has 1 heterocycles. The lowest BCUT2D eigenvalue weighted by Gasteiger charge is -2.00. The van der Waals surface area contributed by atoms with E-state index in [-0.39, 0.29) is 0 Å². The predicted molar refractivity (Wildman–Crippen MR) is 68.9 cm³/mol. The van der Waals surface area contributed by atoms with E-state index in [1.54, 1.807) is 12.1 Å². The van der Waals surface area contributed by atoms with Crippen LogP contribution in [-0.2, 0) is 0 Å². The first-order valence-corrected chi connectivity index (χ1v) is 5.81. The van der Waals surface area contributed by atoms with Gasteiger partial charge in [0.15, 0.2) is 0 Å². The Bertz CT molecular complexity index is 564. The van der Waals surface area contributed by atoms with Gasteiger partial charge in [-0.3, -0.25) is 0 Å². The molecule has 0 bridgehead atoms. The fraction of sp³-hybridized carbons (Fsp3) is 0.214. The molecule has 2 rings (SSSR count). The van der Waals surface area contributed by atoms with Crippen molar-refractivity contribution in [3.05, 3.63) is 48.0 Å². The molecule has 0 aliphatic carbocycles. The molecule has 0 saturated carbocycles. The van der Waals surface area contributed by atoms with Crippen molar-refractivity contribution >= 4 is 0 Å². The Labute approximate surface area is 106 Å². The monoisotopic (exact) mass is 243 g/mol. The minimum absolute atomic E-state index is 0.316. The highest BCUT2D eigenvalue weighted by Gasteiger charge is 2.09. The van der Waals surface area contributed by atoms with Crippen molar-refractivity contribution in [2.24, 2.45) is 0 Å². The van der Waals surface area contributed by atoms with E-state index < -0.39 is 5.95 Å². The Morgan fingerprint density at radius 1 is 1.33 bits per heavy atom. The largest absolute Gasteiger partial charge is 0.306 e. The second kappa shape index (κ2) is 5.99. The summed E-state index contributed by atoms with van der Waals surface area (Å²) in [6.45, 7) is 3.39. The van der Waals surface area contributed by atoms with Gasteiger partial charge in [-0.15, -0.1) is 0 Å². The molecule has 0 aliphatic heterocycles. The number of hydrogen-bond acceptors (Lipinski definition) is 2. The van der Waals surface area contributed by atoms with Crippen molar-refractivity contribution in [2.75, 3.05) is 13.1 Å². The maximum atomic E-state index is 14.0. The quantitative estimate of drug-likeness (QED) is 0.660. The van der Waals surface area contributed by atoms with Crippen LogP contribution in [0.3, 0.4) is 0 Å². The van der Waals surface area contributed by atoms with Crippen LogP contribution >= 0.6 is 0 Å². The van der Waals surface area contributed by atoms with E-state index in [2.05, 4.69) is 22.3 Å². The van der Waals surface area contributed by atoms with E-state index in [0.717, 1.165) is 6.54 Å². The third-order valence-corrected chi connectivity index (χ3v) is 2.40. The number of halogens is 1. The Kier molecular flexibility index (Phi) is 4.11. The summed E-state index contributed by atoms with van der Waals surface area (Å²) in [7, 11) is 0. The topological polar surface area (TPSA) is 29.9 Å². The number of para-hydroxylation sites is 1. The van der Waals surface area contributed by atoms with Crippen LogP contribution in [0.25, 0.3) is 5.69 Å². The number of rotatable bonds is 3. The summed E-state index contributed by atoms with van der Waals surface area (Å²) in [5.41, 5.74) is 1.01. The third kappa shape index (κ3) is 2.76. The molecule has 0 unspecified atom stereocenters. The first-order valence-electron chi connectivity index (χ1n) is 5.81. The normalized spacial score (nSPS) is 9.89. The van der Waals surface area contributed by atoms with Gasteiger partial charge in [-0.1, -0.05) is 37.0 Å². The molecule has 1 aromatic carbocycles. The third-order valence-electron chi connectivity index (χ3n) is 2.40. The molecule has 0 aliphatic rings. The molecule has 0 saturated heterocycles. The number of benzene rings is 1. The maximum Gasteiger partial charge on any atom is 0.232 e. The van der Waals surface area contributed by atoms with E-state index in [1.807, 2.05) is 25.1 Å². The summed E-state index contributed by atoms with van der Waals surface area (Å²) in [6, 6.07) is 9.15. The zero-order valence-corrected chi connectivity index (χ0v) is 10.2. The van der Waals surface area contributed by atoms with Crippen molar-refractivity contribution in [2.45, 2.75) is 6.92 Å². The molecule has 92 valence electrons. The van der Waals surface area contributed by atoms with Crippen molar-refractivity contribution in [1.82, 2.24) is 15.1 Å². The van der Waals surface area contributed by atoms with Gasteiger partial charge in [0.05, 0.1) is 24.0 Å². The smallest absolute Gasteiger partial charge is 0.232 e. The lowest BCUT2D eigenvalue weighted by atomic mass is 10.3. The average Bonchev–Trinajstić information content (AvgIpc) is 2.77. The van der Waals surface area contributed by atoms with Gasteiger partial charge >= 0.3 is 0 Å². The fourth-order valence-corrected chi connectivity index (χ4v) is 1.49. The summed E-state index contributed by atoms with van der Waals surface area (Å²) < 4.78 is 15.3. The number of aromatic nitrogens is 2. The van der Waals surface area contributed by atoms with E-state index in [1.165, 1.54) is 10.9 Å². The first-order chi connectivity index (χ1) is 8.83. The maximum absolute atomic E-state index is 14.0. The van der Waals surface area contributed by atoms with E-state index in [9.17, 15) is 4.39 Å². The molecule has 2 aromatic rings. The SMILES string of the molecule is CCNCC#Cc1cnn(-c2ccccc2)c1F. The van der Waals surface area contributed by atoms with Crippen LogP contribution in [0, 0.1) is 17.8 Å². The fourth-order valence-electron chi connectivity index (χ4n) is 1.49. The molecule has 0 spiro atoms. The lowest BCUT2D eigenvalue weighted by Crippen LogP contribution is -2.11. The van der Waals surface area contributed by atoms with Gasteiger partial charge in [0.1, 0.15) is 0 Å². The molecule has 0 fully saturated rings. The molecule has 3 nitrogen and oxygen atoms in total. The second-order valence-corrected chi connectivity index (χ2v) is 3.68. The van der Waals surface area contributed by atoms with Gasteiger partial charge in [0.25, 0.3) is 0 Å². The number of nitrogens with one attached hydrogen (secondary N) is 1. The standard InChI is InChI=1S/C14H14FN3/c1-2-16-10-6-7-12-11-17-18(14(12)15)13-8-4-3-5-9-13/h3-5,8-9,11,16H,2,10H2,1H3. The highest BCUT2D eigenvalue weighted by Crippen LogP contribution is 2.11. The Morgan fingerprint density at radius 2 is 2.11 bits per heavy atom. The summed E-state index contributed by atoms with van der Waals surface area (Å²) in [5.74, 6) is 5.20. The van der Waals surface area contributed by atoms with Crippen LogP contribution in [0.1, 0.15) is 12.5 Å². The molecular formula is C14H14FN3. The van der Waals surface area contributed by atoms with Crippen molar-refractivity contribution < 1.29 is 4.39 Å². The van der Waals surface area contributed by atoms with Crippen molar-refractivity contribution in [3.8, 4) is 17.5 Å². The number of nitrogens with zero attached hydrogens (tertiary/aromatic N) is 2. The van der Waals surface area contributed by atoms with Crippen molar-refractivity contribution in [3.63, 3.8) is 0 Å². The molecule has 0 amide bonds. The molecule has 4 heteroatoms. The molecule has 0 radical (unpaired) electrons. The molecule has 18 heavy (non-hydrogen) atoms. The van der Waals surface area contributed by atoms with Gasteiger partial charge in [0, 0.05) is 0 Å². The van der Waals surface area contributed by atoms with Gasteiger partial charge < -0.3 is 5.32 Å². The van der Waals surface area contributed by atoms with E-state index in [4.69, 9.17) is 0 Å². The minimum atomic E-state index is -0.426. The highest BCUT2D eigenvalue weighted by atomic mass is 19.1. The molecule has 0 atom stereocenters. The van der Waals surface area contributed by atoms with Crippen LogP contribution in [0.2, 0.25) is 0 Å². The van der Waals surface area contributed by atoms with Crippen LogP contribution in [0.5, 0.6) is 0 Å². The van der Waals surface area contributed by atoms with Gasteiger partial charge in [0.2, 0.25) is 5.95 Å². The first kappa shape index (κ1) is 12.3. The zero-order chi connectivity index (χ0) is 12.8. The summed E-state index contributed by atoms with van der Waals surface area (Å²) in [6.07, 6.45) is 1.45. The molecular weight excluding hydrogens is 229 g/mol. The van der Waals surface area contributed by atoms with Crippen LogP contribution in [-0.4, -0.2) is 22.9 Å². The predicted octanol–water partition coefficient (Wildman–Crippen LogP) is 1.97. The highest BCUT2D eigenvalue weighted by molar-refractivity contribution is 5.37. The Morgan fingerprint density at radius 3 is 2.83 bits per heavy atom. The van der Waals surface area contributed by atoms with Gasteiger partial charge in [-0.2, -0.15) is 9.49 Å². The van der Waals surface area contributed by atoms with Gasteiger partial charge in [-0.25, -0.2) is 4.68 Å².